The van der Waals surface area contributed by atoms with Crippen LogP contribution >= 0.6 is 11.8 Å². The van der Waals surface area contributed by atoms with E-state index in [1.54, 1.807) is 36.4 Å². The summed E-state index contributed by atoms with van der Waals surface area (Å²) < 4.78 is 10.7. The van der Waals surface area contributed by atoms with Crippen LogP contribution in [0.2, 0.25) is 0 Å². The maximum atomic E-state index is 12.9. The molecular formula is C22H21NO6S. The second-order valence-corrected chi connectivity index (χ2v) is 7.40. The van der Waals surface area contributed by atoms with Gasteiger partial charge in [-0.15, -0.1) is 0 Å². The number of amides is 2. The highest BCUT2D eigenvalue weighted by atomic mass is 32.2. The fourth-order valence-electron chi connectivity index (χ4n) is 3.00. The molecular weight excluding hydrogens is 406 g/mol. The van der Waals surface area contributed by atoms with Crippen molar-refractivity contribution in [3.63, 3.8) is 0 Å². The highest BCUT2D eigenvalue weighted by Crippen LogP contribution is 2.38. The highest BCUT2D eigenvalue weighted by molar-refractivity contribution is 8.19. The molecule has 1 aliphatic rings. The summed E-state index contributed by atoms with van der Waals surface area (Å²) in [6.45, 7) is 1.99. The number of benzene rings is 2. The van der Waals surface area contributed by atoms with Crippen molar-refractivity contribution in [1.82, 2.24) is 0 Å². The lowest BCUT2D eigenvalue weighted by Gasteiger charge is -2.16. The van der Waals surface area contributed by atoms with Crippen molar-refractivity contribution >= 4 is 40.6 Å². The number of carboxylic acid groups (broad SMARTS) is 1. The molecule has 156 valence electrons. The number of anilines is 1. The summed E-state index contributed by atoms with van der Waals surface area (Å²) in [7, 11) is 1.47. The summed E-state index contributed by atoms with van der Waals surface area (Å²) in [5, 5.41) is 8.38. The minimum absolute atomic E-state index is 0.0146. The molecule has 1 heterocycles. The molecule has 8 heteroatoms. The molecule has 7 nitrogen and oxygen atoms in total. The van der Waals surface area contributed by atoms with Crippen LogP contribution in [0.4, 0.5) is 10.5 Å². The molecule has 3 rings (SSSR count). The predicted molar refractivity (Wildman–Crippen MR) is 115 cm³/mol. The average Bonchev–Trinajstić information content (AvgIpc) is 3.01. The van der Waals surface area contributed by atoms with Gasteiger partial charge in [-0.1, -0.05) is 31.2 Å². The Morgan fingerprint density at radius 2 is 1.93 bits per heavy atom. The van der Waals surface area contributed by atoms with E-state index in [1.165, 1.54) is 12.0 Å². The Morgan fingerprint density at radius 3 is 2.63 bits per heavy atom. The number of methoxy groups -OCH3 is 1. The zero-order valence-corrected chi connectivity index (χ0v) is 17.4. The molecule has 1 saturated heterocycles. The van der Waals surface area contributed by atoms with Gasteiger partial charge in [0.15, 0.2) is 11.5 Å². The van der Waals surface area contributed by atoms with E-state index in [-0.39, 0.29) is 24.2 Å². The number of hydrogen-bond acceptors (Lipinski definition) is 6. The van der Waals surface area contributed by atoms with Crippen LogP contribution in [0.5, 0.6) is 11.5 Å². The third-order valence-corrected chi connectivity index (χ3v) is 5.34. The van der Waals surface area contributed by atoms with Crippen LogP contribution in [-0.2, 0) is 16.0 Å². The number of ether oxygens (including phenoxy) is 2. The van der Waals surface area contributed by atoms with Crippen molar-refractivity contribution in [3.8, 4) is 11.5 Å². The van der Waals surface area contributed by atoms with Gasteiger partial charge >= 0.3 is 5.97 Å². The van der Waals surface area contributed by atoms with Gasteiger partial charge in [0.2, 0.25) is 0 Å². The lowest BCUT2D eigenvalue weighted by atomic mass is 10.1. The molecule has 2 aromatic rings. The van der Waals surface area contributed by atoms with Crippen molar-refractivity contribution in [1.29, 1.82) is 0 Å². The summed E-state index contributed by atoms with van der Waals surface area (Å²) in [6, 6.07) is 12.4. The van der Waals surface area contributed by atoms with Gasteiger partial charge in [0.1, 0.15) is 0 Å². The van der Waals surface area contributed by atoms with E-state index < -0.39 is 5.97 Å². The van der Waals surface area contributed by atoms with Crippen molar-refractivity contribution in [2.24, 2.45) is 0 Å². The molecule has 0 saturated carbocycles. The first-order valence-corrected chi connectivity index (χ1v) is 10.1. The van der Waals surface area contributed by atoms with Crippen LogP contribution in [0.1, 0.15) is 24.5 Å². The third-order valence-electron chi connectivity index (χ3n) is 4.47. The summed E-state index contributed by atoms with van der Waals surface area (Å²) in [6.07, 6.45) is 2.21. The molecule has 2 amide bonds. The Balaban J connectivity index is 1.84. The van der Waals surface area contributed by atoms with Crippen LogP contribution in [0, 0.1) is 0 Å². The quantitative estimate of drug-likeness (QED) is 0.626. The van der Waals surface area contributed by atoms with Crippen LogP contribution in [-0.4, -0.2) is 35.9 Å². The summed E-state index contributed by atoms with van der Waals surface area (Å²) >= 11 is 0.887. The first kappa shape index (κ1) is 21.4. The molecule has 1 aliphatic heterocycles. The summed E-state index contributed by atoms with van der Waals surface area (Å²) in [4.78, 5) is 37.6. The van der Waals surface area contributed by atoms with Crippen molar-refractivity contribution in [2.75, 3.05) is 18.6 Å². The fraction of sp³-hybridized carbons (Fsp3) is 0.227. The molecule has 0 aromatic heterocycles. The van der Waals surface area contributed by atoms with Gasteiger partial charge in [0.05, 0.1) is 30.7 Å². The molecule has 0 bridgehead atoms. The number of carbonyl (C=O) groups is 3. The van der Waals surface area contributed by atoms with E-state index in [9.17, 15) is 14.4 Å². The molecule has 0 aliphatic carbocycles. The van der Waals surface area contributed by atoms with E-state index >= 15 is 0 Å². The molecule has 2 aromatic carbocycles. The zero-order chi connectivity index (χ0) is 21.7. The SMILES string of the molecule is CCc1ccccc1N1C(=O)S/C(=C/c2ccc(OCCC(=O)O)c(OC)c2)C1=O. The zero-order valence-electron chi connectivity index (χ0n) is 16.6. The molecule has 1 fully saturated rings. The summed E-state index contributed by atoms with van der Waals surface area (Å²) in [5.41, 5.74) is 2.18. The number of imide groups is 1. The number of nitrogens with zero attached hydrogens (tertiary/aromatic N) is 1. The van der Waals surface area contributed by atoms with E-state index in [1.807, 2.05) is 19.1 Å². The first-order valence-electron chi connectivity index (χ1n) is 9.33. The van der Waals surface area contributed by atoms with Gasteiger partial charge in [-0.25, -0.2) is 4.90 Å². The molecule has 0 atom stereocenters. The van der Waals surface area contributed by atoms with Gasteiger partial charge in [-0.05, 0) is 53.6 Å². The largest absolute Gasteiger partial charge is 0.493 e. The summed E-state index contributed by atoms with van der Waals surface area (Å²) in [5.74, 6) is -0.511. The number of carbonyl (C=O) groups excluding carboxylic acids is 2. The van der Waals surface area contributed by atoms with E-state index in [0.717, 1.165) is 17.3 Å². The van der Waals surface area contributed by atoms with Crippen molar-refractivity contribution in [3.05, 3.63) is 58.5 Å². The Labute approximate surface area is 178 Å². The van der Waals surface area contributed by atoms with E-state index in [4.69, 9.17) is 14.6 Å². The highest BCUT2D eigenvalue weighted by Gasteiger charge is 2.37. The number of aliphatic carboxylic acids is 1. The Bertz CT molecular complexity index is 1020. The van der Waals surface area contributed by atoms with Crippen LogP contribution in [0.25, 0.3) is 6.08 Å². The second-order valence-electron chi connectivity index (χ2n) is 6.40. The molecule has 30 heavy (non-hydrogen) atoms. The van der Waals surface area contributed by atoms with Gasteiger partial charge in [-0.2, -0.15) is 0 Å². The Kier molecular flexibility index (Phi) is 6.79. The average molecular weight is 427 g/mol. The number of para-hydroxylation sites is 1. The number of thioether (sulfide) groups is 1. The van der Waals surface area contributed by atoms with Gasteiger partial charge < -0.3 is 14.6 Å². The molecule has 0 radical (unpaired) electrons. The van der Waals surface area contributed by atoms with Crippen LogP contribution in [0.15, 0.2) is 47.4 Å². The third kappa shape index (κ3) is 4.65. The fourth-order valence-corrected chi connectivity index (χ4v) is 3.83. The topological polar surface area (TPSA) is 93.1 Å². The normalized spacial score (nSPS) is 15.0. The van der Waals surface area contributed by atoms with Gasteiger partial charge in [0.25, 0.3) is 11.1 Å². The van der Waals surface area contributed by atoms with Crippen LogP contribution in [0.3, 0.4) is 0 Å². The predicted octanol–water partition coefficient (Wildman–Crippen LogP) is 4.35. The standard InChI is InChI=1S/C22H21NO6S/c1-3-15-6-4-5-7-16(15)23-21(26)19(30-22(23)27)13-14-8-9-17(18(12-14)28-2)29-11-10-20(24)25/h4-9,12-13H,3,10-11H2,1-2H3,(H,24,25)/b19-13+. The molecule has 0 unspecified atom stereocenters. The van der Waals surface area contributed by atoms with Gasteiger partial charge in [0, 0.05) is 0 Å². The Hall–Kier alpha value is -3.26. The molecule has 0 spiro atoms. The number of carboxylic acids is 1. The monoisotopic (exact) mass is 427 g/mol. The lowest BCUT2D eigenvalue weighted by molar-refractivity contribution is -0.137. The first-order chi connectivity index (χ1) is 14.4. The van der Waals surface area contributed by atoms with Crippen molar-refractivity contribution in [2.45, 2.75) is 19.8 Å². The maximum absolute atomic E-state index is 12.9. The Morgan fingerprint density at radius 1 is 1.17 bits per heavy atom. The lowest BCUT2D eigenvalue weighted by Crippen LogP contribution is -2.28. The second kappa shape index (κ2) is 9.49. The van der Waals surface area contributed by atoms with Gasteiger partial charge in [-0.3, -0.25) is 14.4 Å². The number of aryl methyl sites for hydroxylation is 1. The van der Waals surface area contributed by atoms with E-state index in [0.29, 0.717) is 34.1 Å². The number of hydrogen-bond donors (Lipinski definition) is 1. The van der Waals surface area contributed by atoms with Crippen LogP contribution < -0.4 is 14.4 Å². The van der Waals surface area contributed by atoms with E-state index in [2.05, 4.69) is 0 Å². The minimum Gasteiger partial charge on any atom is -0.493 e. The smallest absolute Gasteiger partial charge is 0.306 e. The number of rotatable bonds is 8. The minimum atomic E-state index is -0.953. The maximum Gasteiger partial charge on any atom is 0.306 e. The van der Waals surface area contributed by atoms with Crippen molar-refractivity contribution < 1.29 is 29.0 Å². The molecule has 1 N–H and O–H groups in total.